The van der Waals surface area contributed by atoms with E-state index >= 15 is 0 Å². The van der Waals surface area contributed by atoms with E-state index in [4.69, 9.17) is 21.2 Å². The van der Waals surface area contributed by atoms with Crippen molar-refractivity contribution in [2.45, 2.75) is 6.92 Å². The van der Waals surface area contributed by atoms with Crippen LogP contribution in [0.15, 0.2) is 28.9 Å². The van der Waals surface area contributed by atoms with Gasteiger partial charge >= 0.3 is 5.97 Å². The number of carboxylic acids is 1. The molecule has 0 saturated carbocycles. The Labute approximate surface area is 113 Å². The van der Waals surface area contributed by atoms with Gasteiger partial charge in [-0.05, 0) is 25.1 Å². The summed E-state index contributed by atoms with van der Waals surface area (Å²) in [4.78, 5) is 22.7. The molecule has 0 unspecified atom stereocenters. The van der Waals surface area contributed by atoms with Crippen LogP contribution in [0, 0.1) is 6.92 Å². The average Bonchev–Trinajstić information content (AvgIpc) is 2.78. The van der Waals surface area contributed by atoms with Crippen LogP contribution in [0.1, 0.15) is 26.5 Å². The van der Waals surface area contributed by atoms with Gasteiger partial charge in [-0.2, -0.15) is 0 Å². The third-order valence-electron chi connectivity index (χ3n) is 2.42. The molecule has 0 spiro atoms. The van der Waals surface area contributed by atoms with Crippen molar-refractivity contribution < 1.29 is 19.2 Å². The first-order valence-corrected chi connectivity index (χ1v) is 5.62. The summed E-state index contributed by atoms with van der Waals surface area (Å²) in [5, 5.41) is 15.1. The molecular weight excluding hydrogens is 272 g/mol. The first kappa shape index (κ1) is 13.1. The minimum Gasteiger partial charge on any atom is -0.478 e. The van der Waals surface area contributed by atoms with Crippen LogP contribution in [0.2, 0.25) is 5.02 Å². The van der Waals surface area contributed by atoms with Gasteiger partial charge in [-0.3, -0.25) is 4.79 Å². The maximum atomic E-state index is 11.9. The molecule has 0 bridgehead atoms. The third-order valence-corrected chi connectivity index (χ3v) is 2.75. The van der Waals surface area contributed by atoms with Crippen molar-refractivity contribution in [2.24, 2.45) is 0 Å². The van der Waals surface area contributed by atoms with Crippen LogP contribution in [0.3, 0.4) is 0 Å². The van der Waals surface area contributed by atoms with Gasteiger partial charge in [-0.15, -0.1) is 0 Å². The number of halogens is 1. The Morgan fingerprint density at radius 1 is 1.42 bits per heavy atom. The lowest BCUT2D eigenvalue weighted by molar-refractivity contribution is 0.0696. The number of rotatable bonds is 3. The molecule has 1 aromatic heterocycles. The predicted molar refractivity (Wildman–Crippen MR) is 67.6 cm³/mol. The average molecular weight is 281 g/mol. The molecule has 98 valence electrons. The molecule has 2 rings (SSSR count). The van der Waals surface area contributed by atoms with Gasteiger partial charge in [0.05, 0.1) is 22.5 Å². The summed E-state index contributed by atoms with van der Waals surface area (Å²) in [5.41, 5.74) is 0.791. The molecule has 1 amide bonds. The lowest BCUT2D eigenvalue weighted by Crippen LogP contribution is -2.13. The van der Waals surface area contributed by atoms with Gasteiger partial charge in [0.2, 0.25) is 5.76 Å². The van der Waals surface area contributed by atoms with Crippen LogP contribution in [0.4, 0.5) is 5.69 Å². The number of carbonyl (C=O) groups excluding carboxylic acids is 1. The number of carbonyl (C=O) groups is 2. The van der Waals surface area contributed by atoms with E-state index in [2.05, 4.69) is 10.5 Å². The maximum absolute atomic E-state index is 11.9. The van der Waals surface area contributed by atoms with Crippen LogP contribution < -0.4 is 5.32 Å². The molecular formula is C12H9ClN2O4. The second kappa shape index (κ2) is 5.11. The number of nitrogens with zero attached hydrogens (tertiary/aromatic N) is 1. The van der Waals surface area contributed by atoms with E-state index in [0.29, 0.717) is 5.56 Å². The van der Waals surface area contributed by atoms with E-state index in [1.54, 1.807) is 6.92 Å². The number of amides is 1. The van der Waals surface area contributed by atoms with E-state index in [9.17, 15) is 9.59 Å². The molecule has 0 aliphatic carbocycles. The SMILES string of the molecule is Cc1cnoc1C(=O)Nc1cc(C(=O)O)ccc1Cl. The Morgan fingerprint density at radius 2 is 2.16 bits per heavy atom. The maximum Gasteiger partial charge on any atom is 0.335 e. The molecule has 2 aromatic rings. The second-order valence-electron chi connectivity index (χ2n) is 3.79. The molecule has 19 heavy (non-hydrogen) atoms. The largest absolute Gasteiger partial charge is 0.478 e. The van der Waals surface area contributed by atoms with E-state index in [1.807, 2.05) is 0 Å². The fourth-order valence-corrected chi connectivity index (χ4v) is 1.61. The number of carboxylic acid groups (broad SMARTS) is 1. The summed E-state index contributed by atoms with van der Waals surface area (Å²) >= 11 is 5.89. The zero-order chi connectivity index (χ0) is 14.0. The molecule has 2 N–H and O–H groups in total. The van der Waals surface area contributed by atoms with Gasteiger partial charge in [-0.1, -0.05) is 16.8 Å². The van der Waals surface area contributed by atoms with Crippen LogP contribution >= 0.6 is 11.6 Å². The van der Waals surface area contributed by atoms with Crippen LogP contribution in [-0.2, 0) is 0 Å². The highest BCUT2D eigenvalue weighted by atomic mass is 35.5. The van der Waals surface area contributed by atoms with E-state index in [1.165, 1.54) is 24.4 Å². The third kappa shape index (κ3) is 2.74. The van der Waals surface area contributed by atoms with Crippen molar-refractivity contribution in [3.8, 4) is 0 Å². The van der Waals surface area contributed by atoms with Gasteiger partial charge in [0, 0.05) is 5.56 Å². The first-order valence-electron chi connectivity index (χ1n) is 5.24. The van der Waals surface area contributed by atoms with Crippen molar-refractivity contribution in [2.75, 3.05) is 5.32 Å². The number of aromatic nitrogens is 1. The number of anilines is 1. The lowest BCUT2D eigenvalue weighted by Gasteiger charge is -2.06. The summed E-state index contributed by atoms with van der Waals surface area (Å²) < 4.78 is 4.79. The Balaban J connectivity index is 2.28. The van der Waals surface area contributed by atoms with Gasteiger partial charge in [0.1, 0.15) is 0 Å². The van der Waals surface area contributed by atoms with Crippen LogP contribution in [0.5, 0.6) is 0 Å². The van der Waals surface area contributed by atoms with Crippen LogP contribution in [0.25, 0.3) is 0 Å². The summed E-state index contributed by atoms with van der Waals surface area (Å²) in [6.07, 6.45) is 1.41. The summed E-state index contributed by atoms with van der Waals surface area (Å²) in [7, 11) is 0. The molecule has 6 nitrogen and oxygen atoms in total. The first-order chi connectivity index (χ1) is 8.99. The Morgan fingerprint density at radius 3 is 2.74 bits per heavy atom. The molecule has 0 aliphatic heterocycles. The molecule has 0 aliphatic rings. The molecule has 0 radical (unpaired) electrons. The van der Waals surface area contributed by atoms with Gasteiger partial charge in [0.25, 0.3) is 5.91 Å². The highest BCUT2D eigenvalue weighted by Gasteiger charge is 2.16. The van der Waals surface area contributed by atoms with E-state index < -0.39 is 11.9 Å². The monoisotopic (exact) mass is 280 g/mol. The smallest absolute Gasteiger partial charge is 0.335 e. The normalized spacial score (nSPS) is 10.2. The van der Waals surface area contributed by atoms with Gasteiger partial charge in [-0.25, -0.2) is 4.79 Å². The predicted octanol–water partition coefficient (Wildman–Crippen LogP) is 2.59. The minimum atomic E-state index is -1.11. The Hall–Kier alpha value is -2.34. The summed E-state index contributed by atoms with van der Waals surface area (Å²) in [6, 6.07) is 4.02. The number of hydrogen-bond acceptors (Lipinski definition) is 4. The summed E-state index contributed by atoms with van der Waals surface area (Å²) in [5.74, 6) is -1.60. The molecule has 7 heteroatoms. The zero-order valence-electron chi connectivity index (χ0n) is 9.81. The summed E-state index contributed by atoms with van der Waals surface area (Å²) in [6.45, 7) is 1.67. The Bertz CT molecular complexity index is 651. The van der Waals surface area contributed by atoms with E-state index in [-0.39, 0.29) is 22.0 Å². The van der Waals surface area contributed by atoms with Crippen LogP contribution in [-0.4, -0.2) is 22.1 Å². The molecule has 0 fully saturated rings. The van der Waals surface area contributed by atoms with Crippen molar-refractivity contribution in [3.63, 3.8) is 0 Å². The fraction of sp³-hybridized carbons (Fsp3) is 0.0833. The minimum absolute atomic E-state index is 0.0222. The number of aryl methyl sites for hydroxylation is 1. The number of benzene rings is 1. The molecule has 1 heterocycles. The highest BCUT2D eigenvalue weighted by Crippen LogP contribution is 2.24. The standard InChI is InChI=1S/C12H9ClN2O4/c1-6-5-14-19-10(6)11(16)15-9-4-7(12(17)18)2-3-8(9)13/h2-5H,1H3,(H,15,16)(H,17,18). The van der Waals surface area contributed by atoms with Crippen molar-refractivity contribution in [1.82, 2.24) is 5.16 Å². The lowest BCUT2D eigenvalue weighted by atomic mass is 10.2. The Kier molecular flexibility index (Phi) is 3.52. The highest BCUT2D eigenvalue weighted by molar-refractivity contribution is 6.34. The molecule has 0 atom stereocenters. The molecule has 1 aromatic carbocycles. The number of aromatic carboxylic acids is 1. The van der Waals surface area contributed by atoms with Crippen molar-refractivity contribution >= 4 is 29.2 Å². The van der Waals surface area contributed by atoms with Gasteiger partial charge in [0.15, 0.2) is 0 Å². The topological polar surface area (TPSA) is 92.4 Å². The van der Waals surface area contributed by atoms with Gasteiger partial charge < -0.3 is 14.9 Å². The fourth-order valence-electron chi connectivity index (χ4n) is 1.44. The molecule has 0 saturated heterocycles. The quantitative estimate of drug-likeness (QED) is 0.901. The van der Waals surface area contributed by atoms with Crippen molar-refractivity contribution in [1.29, 1.82) is 0 Å². The van der Waals surface area contributed by atoms with Crippen molar-refractivity contribution in [3.05, 3.63) is 46.3 Å². The van der Waals surface area contributed by atoms with E-state index in [0.717, 1.165) is 0 Å². The zero-order valence-corrected chi connectivity index (χ0v) is 10.6. The second-order valence-corrected chi connectivity index (χ2v) is 4.20. The number of nitrogens with one attached hydrogen (secondary N) is 1. The number of hydrogen-bond donors (Lipinski definition) is 2.